The molecule has 0 spiro atoms. The molecular formula is C23H41N3O3S4. The van der Waals surface area contributed by atoms with E-state index in [9.17, 15) is 4.79 Å². The van der Waals surface area contributed by atoms with Crippen LogP contribution in [0.2, 0.25) is 0 Å². The van der Waals surface area contributed by atoms with Gasteiger partial charge in [0.05, 0.1) is 18.0 Å². The molecule has 0 radical (unpaired) electrons. The minimum atomic E-state index is 0.316. The van der Waals surface area contributed by atoms with Crippen molar-refractivity contribution in [1.82, 2.24) is 14.8 Å². The van der Waals surface area contributed by atoms with Crippen molar-refractivity contribution in [2.24, 2.45) is 0 Å². The molecule has 0 aliphatic carbocycles. The second-order valence-electron chi connectivity index (χ2n) is 7.96. The second-order valence-corrected chi connectivity index (χ2v) is 11.1. The summed E-state index contributed by atoms with van der Waals surface area (Å²) in [6.45, 7) is 7.89. The lowest BCUT2D eigenvalue weighted by molar-refractivity contribution is -0.131. The zero-order chi connectivity index (χ0) is 24.5. The van der Waals surface area contributed by atoms with Crippen LogP contribution in [0.15, 0.2) is 12.1 Å². The molecule has 0 bridgehead atoms. The number of pyridine rings is 1. The van der Waals surface area contributed by atoms with Crippen molar-refractivity contribution in [2.45, 2.75) is 57.5 Å². The van der Waals surface area contributed by atoms with Crippen LogP contribution < -0.4 is 0 Å². The topological polar surface area (TPSA) is 54.9 Å². The zero-order valence-electron chi connectivity index (χ0n) is 20.5. The molecule has 1 atom stereocenters. The van der Waals surface area contributed by atoms with E-state index in [1.54, 1.807) is 24.2 Å². The Morgan fingerprint density at radius 2 is 1.91 bits per heavy atom. The number of thiol groups is 2. The Bertz CT molecular complexity index is 646. The molecule has 33 heavy (non-hydrogen) atoms. The number of methoxy groups -OCH3 is 1. The van der Waals surface area contributed by atoms with E-state index < -0.39 is 0 Å². The molecule has 1 saturated heterocycles. The smallest absolute Gasteiger partial charge is 0.222 e. The van der Waals surface area contributed by atoms with E-state index in [1.807, 2.05) is 10.8 Å². The van der Waals surface area contributed by atoms with Crippen LogP contribution in [0.3, 0.4) is 0 Å². The number of carbonyl (C=O) groups excluding carboxylic acids is 1. The molecule has 10 heteroatoms. The lowest BCUT2D eigenvalue weighted by atomic mass is 10.1. The Morgan fingerprint density at radius 1 is 1.18 bits per heavy atom. The summed E-state index contributed by atoms with van der Waals surface area (Å²) in [6, 6.07) is 4.21. The first kappa shape index (κ1) is 30.9. The second kappa shape index (κ2) is 19.1. The molecule has 1 amide bonds. The SMILES string of the molecule is COCc1cc(CCCN2CCCN(C(=O)CCC(C)SSC)CC2)cc(COS)n1.CS. The molecule has 190 valence electrons. The van der Waals surface area contributed by atoms with Crippen molar-refractivity contribution in [3.63, 3.8) is 0 Å². The Labute approximate surface area is 219 Å². The number of nitrogens with zero attached hydrogens (tertiary/aromatic N) is 3. The minimum absolute atomic E-state index is 0.316. The predicted molar refractivity (Wildman–Crippen MR) is 149 cm³/mol. The van der Waals surface area contributed by atoms with Gasteiger partial charge in [0.15, 0.2) is 0 Å². The lowest BCUT2D eigenvalue weighted by Crippen LogP contribution is -2.35. The number of hydrogen-bond acceptors (Lipinski definition) is 9. The summed E-state index contributed by atoms with van der Waals surface area (Å²) in [6.07, 6.45) is 8.53. The third kappa shape index (κ3) is 13.0. The van der Waals surface area contributed by atoms with Crippen LogP contribution in [0.4, 0.5) is 0 Å². The summed E-state index contributed by atoms with van der Waals surface area (Å²) in [5.74, 6) is 0.316. The van der Waals surface area contributed by atoms with E-state index in [2.05, 4.69) is 65.6 Å². The van der Waals surface area contributed by atoms with Crippen LogP contribution in [0, 0.1) is 0 Å². The van der Waals surface area contributed by atoms with Gasteiger partial charge >= 0.3 is 0 Å². The Morgan fingerprint density at radius 3 is 2.58 bits per heavy atom. The molecule has 6 nitrogen and oxygen atoms in total. The highest BCUT2D eigenvalue weighted by Gasteiger charge is 2.19. The fourth-order valence-corrected chi connectivity index (χ4v) is 5.82. The van der Waals surface area contributed by atoms with E-state index in [4.69, 9.17) is 8.92 Å². The molecule has 1 fully saturated rings. The number of aryl methyl sites for hydroxylation is 1. The molecular weight excluding hydrogens is 495 g/mol. The van der Waals surface area contributed by atoms with E-state index in [0.717, 1.165) is 69.8 Å². The molecule has 0 saturated carbocycles. The van der Waals surface area contributed by atoms with Crippen LogP contribution in [-0.4, -0.2) is 78.3 Å². The highest BCUT2D eigenvalue weighted by Crippen LogP contribution is 2.26. The maximum atomic E-state index is 12.6. The molecule has 0 N–H and O–H groups in total. The van der Waals surface area contributed by atoms with Gasteiger partial charge in [0.1, 0.15) is 6.61 Å². The van der Waals surface area contributed by atoms with Gasteiger partial charge in [-0.25, -0.2) is 0 Å². The molecule has 1 aromatic heterocycles. The summed E-state index contributed by atoms with van der Waals surface area (Å²) in [5, 5.41) is 0.528. The molecule has 1 aromatic rings. The number of rotatable bonds is 13. The summed E-state index contributed by atoms with van der Waals surface area (Å²) >= 11 is 7.38. The standard InChI is InChI=1S/C22H37N3O3S3.CH4S/c1-18(31-30-3)7-8-22(26)25-11-5-10-24(12-13-25)9-4-6-19-14-20(16-27-2)23-21(15-19)17-28-29;1-2/h14-15,18,29H,4-13,16-17H2,1-3H3;2H,1H3. The summed E-state index contributed by atoms with van der Waals surface area (Å²) in [5.41, 5.74) is 3.06. The number of aromatic nitrogens is 1. The van der Waals surface area contributed by atoms with Gasteiger partial charge in [0.2, 0.25) is 5.91 Å². The van der Waals surface area contributed by atoms with Gasteiger partial charge in [-0.2, -0.15) is 12.6 Å². The van der Waals surface area contributed by atoms with Crippen LogP contribution >= 0.6 is 47.1 Å². The van der Waals surface area contributed by atoms with E-state index >= 15 is 0 Å². The van der Waals surface area contributed by atoms with Crippen molar-refractivity contribution in [3.8, 4) is 0 Å². The number of amides is 1. The monoisotopic (exact) mass is 535 g/mol. The van der Waals surface area contributed by atoms with E-state index in [0.29, 0.717) is 30.8 Å². The molecule has 1 aliphatic heterocycles. The van der Waals surface area contributed by atoms with Crippen LogP contribution in [0.1, 0.15) is 49.6 Å². The van der Waals surface area contributed by atoms with Gasteiger partial charge in [0, 0.05) is 38.4 Å². The van der Waals surface area contributed by atoms with Crippen molar-refractivity contribution < 1.29 is 13.7 Å². The maximum Gasteiger partial charge on any atom is 0.222 e. The molecule has 2 heterocycles. The quantitative estimate of drug-likeness (QED) is 0.214. The average molecular weight is 536 g/mol. The van der Waals surface area contributed by atoms with Gasteiger partial charge in [-0.05, 0) is 81.9 Å². The highest BCUT2D eigenvalue weighted by atomic mass is 33.1. The van der Waals surface area contributed by atoms with Crippen LogP contribution in [0.5, 0.6) is 0 Å². The first-order valence-electron chi connectivity index (χ1n) is 11.4. The van der Waals surface area contributed by atoms with Crippen LogP contribution in [-0.2, 0) is 33.3 Å². The third-order valence-electron chi connectivity index (χ3n) is 5.40. The fraction of sp³-hybridized carbons (Fsp3) is 0.739. The first-order valence-corrected chi connectivity index (χ1v) is 15.3. The van der Waals surface area contributed by atoms with Gasteiger partial charge in [-0.1, -0.05) is 28.5 Å². The number of carbonyl (C=O) groups is 1. The predicted octanol–water partition coefficient (Wildman–Crippen LogP) is 4.78. The molecule has 1 unspecified atom stereocenters. The lowest BCUT2D eigenvalue weighted by Gasteiger charge is -2.22. The maximum absolute atomic E-state index is 12.6. The third-order valence-corrected chi connectivity index (χ3v) is 7.85. The van der Waals surface area contributed by atoms with Gasteiger partial charge in [-0.15, -0.1) is 0 Å². The average Bonchev–Trinajstić information content (AvgIpc) is 3.05. The summed E-state index contributed by atoms with van der Waals surface area (Å²) in [4.78, 5) is 21.7. The van der Waals surface area contributed by atoms with E-state index in [1.165, 1.54) is 5.56 Å². The number of hydrogen-bond donors (Lipinski definition) is 2. The highest BCUT2D eigenvalue weighted by molar-refractivity contribution is 8.76. The van der Waals surface area contributed by atoms with Gasteiger partial charge in [-0.3, -0.25) is 9.78 Å². The van der Waals surface area contributed by atoms with Crippen molar-refractivity contribution >= 4 is 53.0 Å². The van der Waals surface area contributed by atoms with Crippen molar-refractivity contribution in [3.05, 3.63) is 29.1 Å². The largest absolute Gasteiger partial charge is 0.378 e. The Balaban J connectivity index is 0.00000265. The molecule has 1 aliphatic rings. The molecule has 0 aromatic carbocycles. The Hall–Kier alpha value is -0.100. The van der Waals surface area contributed by atoms with Gasteiger partial charge in [0.25, 0.3) is 0 Å². The van der Waals surface area contributed by atoms with Crippen LogP contribution in [0.25, 0.3) is 0 Å². The van der Waals surface area contributed by atoms with Crippen molar-refractivity contribution in [2.75, 3.05) is 52.3 Å². The Kier molecular flexibility index (Phi) is 17.9. The zero-order valence-corrected chi connectivity index (χ0v) is 23.9. The summed E-state index contributed by atoms with van der Waals surface area (Å²) < 4.78 is 10.2. The normalized spacial score (nSPS) is 15.5. The molecule has 2 rings (SSSR count). The first-order chi connectivity index (χ1) is 16.0. The summed E-state index contributed by atoms with van der Waals surface area (Å²) in [7, 11) is 5.31. The van der Waals surface area contributed by atoms with Crippen molar-refractivity contribution in [1.29, 1.82) is 0 Å². The van der Waals surface area contributed by atoms with Gasteiger partial charge < -0.3 is 18.7 Å². The fourth-order valence-electron chi connectivity index (χ4n) is 3.87. The number of ether oxygens (including phenoxy) is 1. The minimum Gasteiger partial charge on any atom is -0.378 e. The van der Waals surface area contributed by atoms with E-state index in [-0.39, 0.29) is 0 Å².